The Hall–Kier alpha value is -4.03. The van der Waals surface area contributed by atoms with Crippen molar-refractivity contribution in [2.24, 2.45) is 5.73 Å². The zero-order chi connectivity index (χ0) is 23.5. The summed E-state index contributed by atoms with van der Waals surface area (Å²) in [6.07, 6.45) is -3.45. The number of primary amides is 1. The van der Waals surface area contributed by atoms with Crippen LogP contribution >= 0.6 is 11.6 Å². The number of nitrogens with two attached hydrogens (primary N) is 2. The normalized spacial score (nSPS) is 10.8. The van der Waals surface area contributed by atoms with Gasteiger partial charge in [-0.05, 0) is 42.5 Å². The van der Waals surface area contributed by atoms with Gasteiger partial charge < -0.3 is 16.8 Å². The van der Waals surface area contributed by atoms with E-state index in [0.717, 1.165) is 6.07 Å². The number of amides is 2. The number of anilines is 2. The lowest BCUT2D eigenvalue weighted by molar-refractivity contribution is -0.137. The molecule has 0 saturated carbocycles. The van der Waals surface area contributed by atoms with Crippen molar-refractivity contribution in [1.29, 1.82) is 0 Å². The monoisotopic (exact) mass is 458 g/mol. The average molecular weight is 459 g/mol. The number of pyridine rings is 1. The Morgan fingerprint density at radius 1 is 1.03 bits per heavy atom. The van der Waals surface area contributed by atoms with Crippen LogP contribution in [0.2, 0.25) is 5.02 Å². The van der Waals surface area contributed by atoms with Crippen molar-refractivity contribution in [3.05, 3.63) is 87.6 Å². The Labute approximate surface area is 185 Å². The van der Waals surface area contributed by atoms with E-state index in [4.69, 9.17) is 23.1 Å². The molecule has 0 fully saturated rings. The van der Waals surface area contributed by atoms with Gasteiger partial charge in [0.15, 0.2) is 0 Å². The van der Waals surface area contributed by atoms with Crippen molar-refractivity contribution in [2.75, 3.05) is 11.1 Å². The molecule has 0 bridgehead atoms. The summed E-state index contributed by atoms with van der Waals surface area (Å²) in [6.45, 7) is 0. The summed E-state index contributed by atoms with van der Waals surface area (Å²) in [5.74, 6) is 4.26. The van der Waals surface area contributed by atoms with E-state index in [-0.39, 0.29) is 22.5 Å². The van der Waals surface area contributed by atoms with Crippen LogP contribution in [0, 0.1) is 11.8 Å². The van der Waals surface area contributed by atoms with Crippen molar-refractivity contribution in [1.82, 2.24) is 4.98 Å². The molecule has 3 rings (SSSR count). The maximum atomic E-state index is 13.0. The third kappa shape index (κ3) is 5.36. The highest BCUT2D eigenvalue weighted by Gasteiger charge is 2.33. The van der Waals surface area contributed by atoms with Gasteiger partial charge >= 0.3 is 6.18 Å². The largest absolute Gasteiger partial charge is 0.417 e. The maximum absolute atomic E-state index is 13.0. The van der Waals surface area contributed by atoms with Crippen LogP contribution in [0.15, 0.2) is 54.7 Å². The fourth-order valence-corrected chi connectivity index (χ4v) is 2.84. The lowest BCUT2D eigenvalue weighted by atomic mass is 10.1. The zero-order valence-corrected chi connectivity index (χ0v) is 16.9. The van der Waals surface area contributed by atoms with Crippen LogP contribution in [0.4, 0.5) is 24.7 Å². The fraction of sp³-hybridized carbons (Fsp3) is 0.0455. The van der Waals surface area contributed by atoms with Crippen LogP contribution in [0.5, 0.6) is 0 Å². The molecule has 0 unspecified atom stereocenters. The molecule has 3 aromatic rings. The van der Waals surface area contributed by atoms with Gasteiger partial charge in [-0.2, -0.15) is 13.2 Å². The van der Waals surface area contributed by atoms with Crippen LogP contribution in [0.25, 0.3) is 0 Å². The second kappa shape index (κ2) is 8.99. The summed E-state index contributed by atoms with van der Waals surface area (Å²) in [4.78, 5) is 27.6. The molecule has 5 N–H and O–H groups in total. The van der Waals surface area contributed by atoms with E-state index in [0.29, 0.717) is 17.3 Å². The Bertz CT molecular complexity index is 1280. The van der Waals surface area contributed by atoms with E-state index >= 15 is 0 Å². The molecule has 0 atom stereocenters. The van der Waals surface area contributed by atoms with E-state index < -0.39 is 28.6 Å². The minimum Gasteiger partial charge on any atom is -0.383 e. The van der Waals surface area contributed by atoms with E-state index in [2.05, 4.69) is 22.1 Å². The van der Waals surface area contributed by atoms with Gasteiger partial charge in [0.1, 0.15) is 5.82 Å². The molecule has 0 aliphatic carbocycles. The first-order valence-corrected chi connectivity index (χ1v) is 9.28. The number of hydrogen-bond acceptors (Lipinski definition) is 4. The van der Waals surface area contributed by atoms with Gasteiger partial charge in [-0.3, -0.25) is 9.59 Å². The number of alkyl halides is 3. The molecule has 1 heterocycles. The minimum absolute atomic E-state index is 0.107. The van der Waals surface area contributed by atoms with Gasteiger partial charge in [0.25, 0.3) is 5.91 Å². The van der Waals surface area contributed by atoms with Gasteiger partial charge in [0.2, 0.25) is 5.91 Å². The number of benzene rings is 2. The van der Waals surface area contributed by atoms with Crippen LogP contribution in [-0.2, 0) is 6.18 Å². The molecule has 0 aliphatic heterocycles. The van der Waals surface area contributed by atoms with Gasteiger partial charge in [-0.25, -0.2) is 4.98 Å². The molecule has 0 saturated heterocycles. The predicted octanol–water partition coefficient (Wildman–Crippen LogP) is 4.09. The Balaban J connectivity index is 1.83. The van der Waals surface area contributed by atoms with Crippen molar-refractivity contribution < 1.29 is 22.8 Å². The van der Waals surface area contributed by atoms with E-state index in [1.165, 1.54) is 24.4 Å². The van der Waals surface area contributed by atoms with Crippen molar-refractivity contribution >= 4 is 34.9 Å². The van der Waals surface area contributed by atoms with E-state index in [1.807, 2.05) is 0 Å². The van der Waals surface area contributed by atoms with Crippen LogP contribution < -0.4 is 16.8 Å². The molecule has 0 spiro atoms. The molecule has 162 valence electrons. The number of carbonyl (C=O) groups is 2. The highest BCUT2D eigenvalue weighted by Crippen LogP contribution is 2.35. The molecule has 1 aromatic heterocycles. The summed E-state index contributed by atoms with van der Waals surface area (Å²) in [7, 11) is 0. The van der Waals surface area contributed by atoms with Gasteiger partial charge in [-0.15, -0.1) is 0 Å². The highest BCUT2D eigenvalue weighted by atomic mass is 35.5. The summed E-state index contributed by atoms with van der Waals surface area (Å²) >= 11 is 5.58. The quantitative estimate of drug-likeness (QED) is 0.513. The zero-order valence-electron chi connectivity index (χ0n) is 16.1. The van der Waals surface area contributed by atoms with Crippen LogP contribution in [0.3, 0.4) is 0 Å². The molecule has 2 aromatic carbocycles. The summed E-state index contributed by atoms with van der Waals surface area (Å²) in [5.41, 5.74) is 10.9. The van der Waals surface area contributed by atoms with Crippen molar-refractivity contribution in [2.45, 2.75) is 6.18 Å². The number of nitrogen functional groups attached to an aromatic ring is 1. The molecule has 10 heteroatoms. The molecule has 32 heavy (non-hydrogen) atoms. The molecular formula is C22H14ClF3N4O2. The number of aromatic nitrogens is 1. The standard InChI is InChI=1S/C22H14ClF3N4O2/c23-18-7-6-14(10-17(18)22(24,25)26)21(32)30-16-3-1-2-12(8-16)4-5-13-9-15(20(28)31)11-29-19(13)27/h1-3,6-11H,(H2,27,29)(H2,28,31)(H,30,32). The summed E-state index contributed by atoms with van der Waals surface area (Å²) < 4.78 is 39.1. The number of nitrogens with zero attached hydrogens (tertiary/aromatic N) is 1. The molecule has 0 radical (unpaired) electrons. The smallest absolute Gasteiger partial charge is 0.383 e. The first-order valence-electron chi connectivity index (χ1n) is 8.90. The second-order valence-electron chi connectivity index (χ2n) is 6.50. The number of rotatable bonds is 3. The number of nitrogens with one attached hydrogen (secondary N) is 1. The highest BCUT2D eigenvalue weighted by molar-refractivity contribution is 6.31. The van der Waals surface area contributed by atoms with E-state index in [1.54, 1.807) is 18.2 Å². The average Bonchev–Trinajstić information content (AvgIpc) is 2.72. The third-order valence-corrected chi connectivity index (χ3v) is 4.53. The number of halogens is 4. The summed E-state index contributed by atoms with van der Waals surface area (Å²) in [6, 6.07) is 10.6. The molecule has 2 amide bonds. The second-order valence-corrected chi connectivity index (χ2v) is 6.91. The first kappa shape index (κ1) is 22.7. The van der Waals surface area contributed by atoms with Crippen LogP contribution in [-0.4, -0.2) is 16.8 Å². The van der Waals surface area contributed by atoms with Crippen molar-refractivity contribution in [3.63, 3.8) is 0 Å². The predicted molar refractivity (Wildman–Crippen MR) is 114 cm³/mol. The first-order chi connectivity index (χ1) is 15.0. The lowest BCUT2D eigenvalue weighted by Crippen LogP contribution is -2.14. The Morgan fingerprint density at radius 3 is 2.47 bits per heavy atom. The maximum Gasteiger partial charge on any atom is 0.417 e. The van der Waals surface area contributed by atoms with Crippen molar-refractivity contribution in [3.8, 4) is 11.8 Å². The van der Waals surface area contributed by atoms with E-state index in [9.17, 15) is 22.8 Å². The molecular weight excluding hydrogens is 445 g/mol. The molecule has 6 nitrogen and oxygen atoms in total. The SMILES string of the molecule is NC(=O)c1cnc(N)c(C#Cc2cccc(NC(=O)c3ccc(Cl)c(C(F)(F)F)c3)c2)c1. The summed E-state index contributed by atoms with van der Waals surface area (Å²) in [5, 5.41) is 2.02. The van der Waals surface area contributed by atoms with Gasteiger partial charge in [-0.1, -0.05) is 29.5 Å². The topological polar surface area (TPSA) is 111 Å². The number of carbonyl (C=O) groups excluding carboxylic acids is 2. The minimum atomic E-state index is -4.69. The fourth-order valence-electron chi connectivity index (χ4n) is 2.61. The third-order valence-electron chi connectivity index (χ3n) is 4.20. The lowest BCUT2D eigenvalue weighted by Gasteiger charge is -2.11. The number of hydrogen-bond donors (Lipinski definition) is 3. The van der Waals surface area contributed by atoms with Gasteiger partial charge in [0.05, 0.1) is 21.7 Å². The molecule has 0 aliphatic rings. The van der Waals surface area contributed by atoms with Crippen LogP contribution in [0.1, 0.15) is 37.4 Å². The Kier molecular flexibility index (Phi) is 6.37. The Morgan fingerprint density at radius 2 is 1.78 bits per heavy atom. The van der Waals surface area contributed by atoms with Gasteiger partial charge in [0, 0.05) is 23.0 Å².